The van der Waals surface area contributed by atoms with Gasteiger partial charge in [0.05, 0.1) is 19.8 Å². The second-order valence-electron chi connectivity index (χ2n) is 8.05. The molecule has 0 unspecified atom stereocenters. The van der Waals surface area contributed by atoms with Crippen LogP contribution in [0, 0.1) is 5.92 Å². The van der Waals surface area contributed by atoms with Gasteiger partial charge in [-0.25, -0.2) is 4.79 Å². The Morgan fingerprint density at radius 2 is 1.72 bits per heavy atom. The zero-order valence-corrected chi connectivity index (χ0v) is 22.6. The molecule has 1 rings (SSSR count). The Kier molecular flexibility index (Phi) is 14.1. The van der Waals surface area contributed by atoms with Crippen molar-refractivity contribution in [3.05, 3.63) is 40.4 Å². The van der Waals surface area contributed by atoms with E-state index >= 15 is 0 Å². The molecule has 0 saturated carbocycles. The molecule has 36 heavy (non-hydrogen) atoms. The van der Waals surface area contributed by atoms with Crippen molar-refractivity contribution in [1.82, 2.24) is 16.0 Å². The molecule has 1 aromatic rings. The molecule has 0 saturated heterocycles. The maximum absolute atomic E-state index is 12.9. The van der Waals surface area contributed by atoms with E-state index in [0.717, 1.165) is 10.0 Å². The van der Waals surface area contributed by atoms with E-state index in [2.05, 4.69) is 31.9 Å². The average molecular weight is 568 g/mol. The SMILES string of the molecule is CCOC(=O)CC[C@@H](NC(=O)[C@@H](NC(=O)CNC(=O)/C=C/c1cccc(Br)c1)C(C)C)C(=O)OCC. The molecule has 0 heterocycles. The van der Waals surface area contributed by atoms with E-state index in [9.17, 15) is 24.0 Å². The Morgan fingerprint density at radius 3 is 2.33 bits per heavy atom. The van der Waals surface area contributed by atoms with Gasteiger partial charge < -0.3 is 25.4 Å². The summed E-state index contributed by atoms with van der Waals surface area (Å²) in [7, 11) is 0. The van der Waals surface area contributed by atoms with Crippen LogP contribution in [0.15, 0.2) is 34.8 Å². The normalized spacial score (nSPS) is 12.5. The minimum Gasteiger partial charge on any atom is -0.466 e. The summed E-state index contributed by atoms with van der Waals surface area (Å²) in [5.41, 5.74) is 0.805. The molecular formula is C25H34BrN3O7. The fourth-order valence-electron chi connectivity index (χ4n) is 3.02. The molecule has 0 aliphatic rings. The highest BCUT2D eigenvalue weighted by Crippen LogP contribution is 2.12. The first-order valence-electron chi connectivity index (χ1n) is 11.7. The van der Waals surface area contributed by atoms with Gasteiger partial charge in [0.15, 0.2) is 0 Å². The van der Waals surface area contributed by atoms with Crippen molar-refractivity contribution in [3.8, 4) is 0 Å². The summed E-state index contributed by atoms with van der Waals surface area (Å²) in [6.45, 7) is 6.70. The number of rotatable bonds is 14. The highest BCUT2D eigenvalue weighted by atomic mass is 79.9. The summed E-state index contributed by atoms with van der Waals surface area (Å²) in [5.74, 6) is -3.17. The van der Waals surface area contributed by atoms with Crippen molar-refractivity contribution in [2.75, 3.05) is 19.8 Å². The average Bonchev–Trinajstić information content (AvgIpc) is 2.82. The number of hydrogen-bond donors (Lipinski definition) is 3. The van der Waals surface area contributed by atoms with Crippen molar-refractivity contribution in [1.29, 1.82) is 0 Å². The van der Waals surface area contributed by atoms with Crippen LogP contribution in [-0.4, -0.2) is 61.5 Å². The lowest BCUT2D eigenvalue weighted by atomic mass is 10.0. The van der Waals surface area contributed by atoms with Crippen molar-refractivity contribution in [3.63, 3.8) is 0 Å². The van der Waals surface area contributed by atoms with Crippen molar-refractivity contribution >= 4 is 51.7 Å². The number of benzene rings is 1. The number of carbonyl (C=O) groups is 5. The zero-order valence-electron chi connectivity index (χ0n) is 21.0. The fraction of sp³-hybridized carbons (Fsp3) is 0.480. The Labute approximate surface area is 219 Å². The molecule has 0 spiro atoms. The van der Waals surface area contributed by atoms with Gasteiger partial charge in [-0.3, -0.25) is 19.2 Å². The molecule has 0 aliphatic carbocycles. The number of hydrogen-bond acceptors (Lipinski definition) is 7. The molecule has 0 aliphatic heterocycles. The van der Waals surface area contributed by atoms with Crippen LogP contribution >= 0.6 is 15.9 Å². The maximum atomic E-state index is 12.9. The standard InChI is InChI=1S/C25H34BrN3O7/c1-5-35-22(32)13-11-19(25(34)36-6-2)28-24(33)23(16(3)4)29-21(31)15-27-20(30)12-10-17-8-7-9-18(26)14-17/h7-10,12,14,16,19,23H,5-6,11,13,15H2,1-4H3,(H,27,30)(H,28,33)(H,29,31)/b12-10+/t19-,23+/m1/s1. The second-order valence-corrected chi connectivity index (χ2v) is 8.97. The zero-order chi connectivity index (χ0) is 27.1. The Morgan fingerprint density at radius 1 is 1.03 bits per heavy atom. The van der Waals surface area contributed by atoms with Crippen molar-refractivity contribution in [2.24, 2.45) is 5.92 Å². The van der Waals surface area contributed by atoms with Gasteiger partial charge in [-0.2, -0.15) is 0 Å². The van der Waals surface area contributed by atoms with Gasteiger partial charge >= 0.3 is 11.9 Å². The van der Waals surface area contributed by atoms with Gasteiger partial charge in [-0.05, 0) is 50.0 Å². The van der Waals surface area contributed by atoms with Crippen LogP contribution in [0.1, 0.15) is 46.1 Å². The van der Waals surface area contributed by atoms with Gasteiger partial charge in [-0.1, -0.05) is 41.9 Å². The van der Waals surface area contributed by atoms with Gasteiger partial charge in [-0.15, -0.1) is 0 Å². The van der Waals surface area contributed by atoms with E-state index in [1.54, 1.807) is 33.8 Å². The number of esters is 2. The smallest absolute Gasteiger partial charge is 0.328 e. The van der Waals surface area contributed by atoms with Crippen LogP contribution < -0.4 is 16.0 Å². The monoisotopic (exact) mass is 567 g/mol. The first kappa shape index (κ1) is 30.8. The topological polar surface area (TPSA) is 140 Å². The highest BCUT2D eigenvalue weighted by molar-refractivity contribution is 9.10. The van der Waals surface area contributed by atoms with E-state index in [4.69, 9.17) is 9.47 Å². The summed E-state index contributed by atoms with van der Waals surface area (Å²) < 4.78 is 10.7. The quantitative estimate of drug-likeness (QED) is 0.231. The van der Waals surface area contributed by atoms with Crippen LogP contribution in [0.25, 0.3) is 6.08 Å². The summed E-state index contributed by atoms with van der Waals surface area (Å²) in [6.07, 6.45) is 2.81. The molecule has 0 fully saturated rings. The second kappa shape index (κ2) is 16.5. The Hall–Kier alpha value is -3.21. The lowest BCUT2D eigenvalue weighted by Crippen LogP contribution is -2.55. The molecule has 0 bridgehead atoms. The van der Waals surface area contributed by atoms with Gasteiger partial charge in [0.1, 0.15) is 12.1 Å². The molecule has 3 amide bonds. The van der Waals surface area contributed by atoms with E-state index in [1.165, 1.54) is 6.08 Å². The van der Waals surface area contributed by atoms with Gasteiger partial charge in [0.25, 0.3) is 0 Å². The number of amides is 3. The largest absolute Gasteiger partial charge is 0.466 e. The number of halogens is 1. The Bertz CT molecular complexity index is 949. The maximum Gasteiger partial charge on any atom is 0.328 e. The molecule has 0 radical (unpaired) electrons. The van der Waals surface area contributed by atoms with E-state index in [-0.39, 0.29) is 38.5 Å². The minimum atomic E-state index is -1.08. The number of carbonyl (C=O) groups excluding carboxylic acids is 5. The summed E-state index contributed by atoms with van der Waals surface area (Å²) >= 11 is 3.35. The third-order valence-corrected chi connectivity index (χ3v) is 5.29. The molecular weight excluding hydrogens is 534 g/mol. The molecule has 10 nitrogen and oxygen atoms in total. The summed E-state index contributed by atoms with van der Waals surface area (Å²) in [4.78, 5) is 61.3. The van der Waals surface area contributed by atoms with Gasteiger partial charge in [0, 0.05) is 17.0 Å². The molecule has 1 aromatic carbocycles. The summed E-state index contributed by atoms with van der Waals surface area (Å²) in [5, 5.41) is 7.59. The number of ether oxygens (including phenoxy) is 2. The van der Waals surface area contributed by atoms with Crippen molar-refractivity contribution < 1.29 is 33.4 Å². The predicted octanol–water partition coefficient (Wildman–Crippen LogP) is 2.11. The van der Waals surface area contributed by atoms with Crippen LogP contribution in [-0.2, 0) is 33.4 Å². The fourth-order valence-corrected chi connectivity index (χ4v) is 3.43. The Balaban J connectivity index is 2.70. The lowest BCUT2D eigenvalue weighted by molar-refractivity contribution is -0.149. The molecule has 11 heteroatoms. The van der Waals surface area contributed by atoms with Crippen LogP contribution in [0.4, 0.5) is 0 Å². The third kappa shape index (κ3) is 12.0. The molecule has 198 valence electrons. The lowest BCUT2D eigenvalue weighted by Gasteiger charge is -2.24. The van der Waals surface area contributed by atoms with Crippen LogP contribution in [0.3, 0.4) is 0 Å². The van der Waals surface area contributed by atoms with Gasteiger partial charge in [0.2, 0.25) is 17.7 Å². The number of nitrogens with one attached hydrogen (secondary N) is 3. The van der Waals surface area contributed by atoms with E-state index < -0.39 is 41.7 Å². The van der Waals surface area contributed by atoms with E-state index in [0.29, 0.717) is 0 Å². The molecule has 2 atom stereocenters. The predicted molar refractivity (Wildman–Crippen MR) is 137 cm³/mol. The van der Waals surface area contributed by atoms with E-state index in [1.807, 2.05) is 24.3 Å². The minimum absolute atomic E-state index is 0.0114. The molecule has 3 N–H and O–H groups in total. The molecule has 0 aromatic heterocycles. The van der Waals surface area contributed by atoms with Crippen LogP contribution in [0.2, 0.25) is 0 Å². The first-order valence-corrected chi connectivity index (χ1v) is 12.5. The summed E-state index contributed by atoms with van der Waals surface area (Å²) in [6, 6.07) is 5.28. The third-order valence-electron chi connectivity index (χ3n) is 4.79. The highest BCUT2D eigenvalue weighted by Gasteiger charge is 2.30. The first-order chi connectivity index (χ1) is 17.1. The van der Waals surface area contributed by atoms with Crippen LogP contribution in [0.5, 0.6) is 0 Å². The van der Waals surface area contributed by atoms with Crippen molar-refractivity contribution in [2.45, 2.75) is 52.6 Å².